The van der Waals surface area contributed by atoms with Crippen molar-refractivity contribution >= 4 is 11.9 Å². The third-order valence-electron chi connectivity index (χ3n) is 4.64. The van der Waals surface area contributed by atoms with Crippen molar-refractivity contribution in [2.75, 3.05) is 33.2 Å². The molecule has 7 heteroatoms. The quantitative estimate of drug-likeness (QED) is 0.871. The first-order valence-corrected chi connectivity index (χ1v) is 8.19. The van der Waals surface area contributed by atoms with Gasteiger partial charge in [-0.05, 0) is 19.9 Å². The molecule has 2 rings (SSSR count). The third kappa shape index (κ3) is 4.30. The Morgan fingerprint density at radius 1 is 1.08 bits per heavy atom. The molecule has 0 radical (unpaired) electrons. The highest BCUT2D eigenvalue weighted by atomic mass is 19.1. The normalized spacial score (nSPS) is 18.7. The van der Waals surface area contributed by atoms with Gasteiger partial charge in [0.2, 0.25) is 5.91 Å². The maximum Gasteiger partial charge on any atom is 0.321 e. The van der Waals surface area contributed by atoms with E-state index < -0.39 is 6.03 Å². The lowest BCUT2D eigenvalue weighted by Gasteiger charge is -2.40. The second kappa shape index (κ2) is 8.21. The van der Waals surface area contributed by atoms with Crippen LogP contribution in [0.3, 0.4) is 0 Å². The summed E-state index contributed by atoms with van der Waals surface area (Å²) in [5, 5.41) is 4.67. The second-order valence-electron chi connectivity index (χ2n) is 6.01. The first kappa shape index (κ1) is 18.4. The van der Waals surface area contributed by atoms with E-state index in [9.17, 15) is 14.0 Å². The highest BCUT2D eigenvalue weighted by Crippen LogP contribution is 2.24. The molecule has 2 atom stereocenters. The first-order chi connectivity index (χ1) is 11.4. The van der Waals surface area contributed by atoms with Crippen molar-refractivity contribution in [2.24, 2.45) is 0 Å². The Balaban J connectivity index is 1.90. The number of amides is 3. The van der Waals surface area contributed by atoms with Crippen LogP contribution in [0.15, 0.2) is 24.3 Å². The minimum atomic E-state index is -0.501. The van der Waals surface area contributed by atoms with Gasteiger partial charge < -0.3 is 5.32 Å². The van der Waals surface area contributed by atoms with Crippen LogP contribution in [0.2, 0.25) is 0 Å². The number of imide groups is 1. The van der Waals surface area contributed by atoms with Gasteiger partial charge in [-0.15, -0.1) is 0 Å². The summed E-state index contributed by atoms with van der Waals surface area (Å²) in [6.45, 7) is 6.66. The largest absolute Gasteiger partial charge is 0.341 e. The Kier molecular flexibility index (Phi) is 6.28. The van der Waals surface area contributed by atoms with Gasteiger partial charge in [0.05, 0.1) is 6.04 Å². The average molecular weight is 336 g/mol. The topological polar surface area (TPSA) is 64.7 Å². The number of carbonyl (C=O) groups is 2. The zero-order chi connectivity index (χ0) is 17.7. The molecule has 1 aliphatic rings. The fourth-order valence-corrected chi connectivity index (χ4v) is 2.97. The molecule has 3 amide bonds. The van der Waals surface area contributed by atoms with E-state index in [-0.39, 0.29) is 23.8 Å². The van der Waals surface area contributed by atoms with Crippen molar-refractivity contribution in [1.29, 1.82) is 0 Å². The van der Waals surface area contributed by atoms with Gasteiger partial charge in [0.15, 0.2) is 0 Å². The molecule has 0 saturated carbocycles. The number of carbonyl (C=O) groups excluding carboxylic acids is 2. The van der Waals surface area contributed by atoms with E-state index in [1.807, 2.05) is 24.0 Å². The fraction of sp³-hybridized carbons (Fsp3) is 0.529. The van der Waals surface area contributed by atoms with E-state index >= 15 is 0 Å². The van der Waals surface area contributed by atoms with Gasteiger partial charge >= 0.3 is 6.03 Å². The summed E-state index contributed by atoms with van der Waals surface area (Å²) in [7, 11) is 1.47. The third-order valence-corrected chi connectivity index (χ3v) is 4.64. The molecule has 1 heterocycles. The van der Waals surface area contributed by atoms with Crippen molar-refractivity contribution in [2.45, 2.75) is 25.9 Å². The molecule has 0 aromatic heterocycles. The van der Waals surface area contributed by atoms with Crippen molar-refractivity contribution < 1.29 is 14.0 Å². The standard InChI is InChI=1S/C17H25FN4O2/c1-12(14-6-4-5-7-15(14)18)21-8-10-22(11-9-21)13(2)16(23)20-17(24)19-3/h4-7,12-13H,8-11H2,1-3H3,(H2,19,20,23,24)/t12-,13+/m0/s1. The van der Waals surface area contributed by atoms with E-state index in [2.05, 4.69) is 15.5 Å². The average Bonchev–Trinajstić information content (AvgIpc) is 2.60. The van der Waals surface area contributed by atoms with Crippen molar-refractivity contribution in [1.82, 2.24) is 20.4 Å². The van der Waals surface area contributed by atoms with Gasteiger partial charge in [0.25, 0.3) is 0 Å². The Labute approximate surface area is 142 Å². The smallest absolute Gasteiger partial charge is 0.321 e. The van der Waals surface area contributed by atoms with Gasteiger partial charge in [0.1, 0.15) is 5.82 Å². The molecule has 1 fully saturated rings. The molecule has 0 unspecified atom stereocenters. The van der Waals surface area contributed by atoms with Crippen LogP contribution in [0.1, 0.15) is 25.5 Å². The number of rotatable bonds is 4. The number of hydrogen-bond donors (Lipinski definition) is 2. The SMILES string of the molecule is CNC(=O)NC(=O)[C@@H](C)N1CCN([C@@H](C)c2ccccc2F)CC1. The van der Waals surface area contributed by atoms with E-state index in [0.29, 0.717) is 18.7 Å². The van der Waals surface area contributed by atoms with E-state index in [4.69, 9.17) is 0 Å². The number of urea groups is 1. The summed E-state index contributed by atoms with van der Waals surface area (Å²) in [6, 6.07) is 5.93. The molecule has 0 spiro atoms. The lowest BCUT2D eigenvalue weighted by Crippen LogP contribution is -2.55. The van der Waals surface area contributed by atoms with Gasteiger partial charge in [-0.3, -0.25) is 19.9 Å². The molecular weight excluding hydrogens is 311 g/mol. The molecular formula is C17H25FN4O2. The number of nitrogens with one attached hydrogen (secondary N) is 2. The minimum Gasteiger partial charge on any atom is -0.341 e. The maximum absolute atomic E-state index is 13.9. The summed E-state index contributed by atoms with van der Waals surface area (Å²) in [5.41, 5.74) is 0.691. The fourth-order valence-electron chi connectivity index (χ4n) is 2.97. The van der Waals surface area contributed by atoms with Crippen LogP contribution in [0, 0.1) is 5.82 Å². The van der Waals surface area contributed by atoms with Crippen LogP contribution in [0.5, 0.6) is 0 Å². The van der Waals surface area contributed by atoms with Crippen LogP contribution in [-0.4, -0.2) is 61.0 Å². The van der Waals surface area contributed by atoms with E-state index in [1.54, 1.807) is 13.0 Å². The Hall–Kier alpha value is -1.99. The zero-order valence-corrected chi connectivity index (χ0v) is 14.4. The molecule has 1 aromatic rings. The van der Waals surface area contributed by atoms with Crippen LogP contribution in [-0.2, 0) is 4.79 Å². The van der Waals surface area contributed by atoms with Crippen LogP contribution < -0.4 is 10.6 Å². The summed E-state index contributed by atoms with van der Waals surface area (Å²) in [4.78, 5) is 27.5. The summed E-state index contributed by atoms with van der Waals surface area (Å²) in [5.74, 6) is -0.504. The first-order valence-electron chi connectivity index (χ1n) is 8.19. The Morgan fingerprint density at radius 2 is 1.67 bits per heavy atom. The van der Waals surface area contributed by atoms with Gasteiger partial charge in [0, 0.05) is 44.8 Å². The Morgan fingerprint density at radius 3 is 2.25 bits per heavy atom. The lowest BCUT2D eigenvalue weighted by atomic mass is 10.1. The predicted octanol–water partition coefficient (Wildman–Crippen LogP) is 1.35. The highest BCUT2D eigenvalue weighted by molar-refractivity contribution is 5.96. The van der Waals surface area contributed by atoms with Crippen LogP contribution >= 0.6 is 0 Å². The predicted molar refractivity (Wildman–Crippen MR) is 90.0 cm³/mol. The maximum atomic E-state index is 13.9. The molecule has 1 saturated heterocycles. The van der Waals surface area contributed by atoms with Crippen molar-refractivity contribution in [3.63, 3.8) is 0 Å². The number of piperazine rings is 1. The lowest BCUT2D eigenvalue weighted by molar-refractivity contribution is -0.125. The molecule has 24 heavy (non-hydrogen) atoms. The van der Waals surface area contributed by atoms with E-state index in [1.165, 1.54) is 13.1 Å². The molecule has 2 N–H and O–H groups in total. The van der Waals surface area contributed by atoms with Gasteiger partial charge in [-0.25, -0.2) is 9.18 Å². The molecule has 1 aliphatic heterocycles. The molecule has 0 aliphatic carbocycles. The van der Waals surface area contributed by atoms with Crippen LogP contribution in [0.25, 0.3) is 0 Å². The van der Waals surface area contributed by atoms with Crippen molar-refractivity contribution in [3.8, 4) is 0 Å². The monoisotopic (exact) mass is 336 g/mol. The van der Waals surface area contributed by atoms with Gasteiger partial charge in [-0.2, -0.15) is 0 Å². The number of nitrogens with zero attached hydrogens (tertiary/aromatic N) is 2. The number of hydrogen-bond acceptors (Lipinski definition) is 4. The molecule has 1 aromatic carbocycles. The second-order valence-corrected chi connectivity index (χ2v) is 6.01. The summed E-state index contributed by atoms with van der Waals surface area (Å²) < 4.78 is 13.9. The van der Waals surface area contributed by atoms with Crippen molar-refractivity contribution in [3.05, 3.63) is 35.6 Å². The highest BCUT2D eigenvalue weighted by Gasteiger charge is 2.29. The zero-order valence-electron chi connectivity index (χ0n) is 14.4. The molecule has 6 nitrogen and oxygen atoms in total. The summed E-state index contributed by atoms with van der Waals surface area (Å²) in [6.07, 6.45) is 0. The van der Waals surface area contributed by atoms with E-state index in [0.717, 1.165) is 13.1 Å². The minimum absolute atomic E-state index is 0.0108. The molecule has 132 valence electrons. The Bertz CT molecular complexity index is 588. The molecule has 0 bridgehead atoms. The van der Waals surface area contributed by atoms with Gasteiger partial charge in [-0.1, -0.05) is 18.2 Å². The summed E-state index contributed by atoms with van der Waals surface area (Å²) >= 11 is 0. The number of benzene rings is 1. The van der Waals surface area contributed by atoms with Crippen LogP contribution in [0.4, 0.5) is 9.18 Å². The number of halogens is 1.